The standard InChI is InChI=1S/C10H8Cl2FN3/c11-8-3-7(4-9(12)10(8)13)16-2-1-6(5-14)15-16/h1-4H,5,14H2. The Kier molecular flexibility index (Phi) is 3.14. The summed E-state index contributed by atoms with van der Waals surface area (Å²) in [6, 6.07) is 4.68. The maximum Gasteiger partial charge on any atom is 0.160 e. The minimum absolute atomic E-state index is 0.0349. The summed E-state index contributed by atoms with van der Waals surface area (Å²) in [5.41, 5.74) is 6.76. The average Bonchev–Trinajstić information content (AvgIpc) is 2.73. The topological polar surface area (TPSA) is 43.8 Å². The second-order valence-electron chi connectivity index (χ2n) is 3.18. The minimum Gasteiger partial charge on any atom is -0.325 e. The lowest BCUT2D eigenvalue weighted by Crippen LogP contribution is -2.00. The van der Waals surface area contributed by atoms with Gasteiger partial charge in [0.15, 0.2) is 5.82 Å². The molecule has 84 valence electrons. The first-order chi connectivity index (χ1) is 7.61. The number of nitrogens with zero attached hydrogens (tertiary/aromatic N) is 2. The molecule has 0 saturated heterocycles. The van der Waals surface area contributed by atoms with Crippen LogP contribution >= 0.6 is 23.2 Å². The van der Waals surface area contributed by atoms with Crippen molar-refractivity contribution < 1.29 is 4.39 Å². The molecule has 0 unspecified atom stereocenters. The Hall–Kier alpha value is -1.10. The predicted molar refractivity (Wildman–Crippen MR) is 61.4 cm³/mol. The van der Waals surface area contributed by atoms with E-state index in [1.165, 1.54) is 12.1 Å². The molecule has 0 spiro atoms. The van der Waals surface area contributed by atoms with Crippen LogP contribution in [0.1, 0.15) is 5.69 Å². The van der Waals surface area contributed by atoms with Gasteiger partial charge in [0.2, 0.25) is 0 Å². The van der Waals surface area contributed by atoms with E-state index in [1.807, 2.05) is 0 Å². The van der Waals surface area contributed by atoms with E-state index in [2.05, 4.69) is 5.10 Å². The fourth-order valence-corrected chi connectivity index (χ4v) is 1.76. The summed E-state index contributed by atoms with van der Waals surface area (Å²) in [6.07, 6.45) is 1.71. The molecule has 0 amide bonds. The van der Waals surface area contributed by atoms with Crippen molar-refractivity contribution in [3.63, 3.8) is 0 Å². The molecular formula is C10H8Cl2FN3. The lowest BCUT2D eigenvalue weighted by atomic mass is 10.3. The highest BCUT2D eigenvalue weighted by Crippen LogP contribution is 2.26. The SMILES string of the molecule is NCc1ccn(-c2cc(Cl)c(F)c(Cl)c2)n1. The minimum atomic E-state index is -0.627. The first-order valence-corrected chi connectivity index (χ1v) is 5.27. The predicted octanol–water partition coefficient (Wildman–Crippen LogP) is 2.78. The maximum atomic E-state index is 13.2. The van der Waals surface area contributed by atoms with E-state index in [0.29, 0.717) is 12.2 Å². The summed E-state index contributed by atoms with van der Waals surface area (Å²) >= 11 is 11.4. The van der Waals surface area contributed by atoms with Gasteiger partial charge in [0.1, 0.15) is 0 Å². The van der Waals surface area contributed by atoms with Crippen LogP contribution in [0, 0.1) is 5.82 Å². The Labute approximate surface area is 102 Å². The molecular weight excluding hydrogens is 252 g/mol. The highest BCUT2D eigenvalue weighted by atomic mass is 35.5. The molecule has 3 nitrogen and oxygen atoms in total. The smallest absolute Gasteiger partial charge is 0.160 e. The van der Waals surface area contributed by atoms with Crippen LogP contribution in [0.4, 0.5) is 4.39 Å². The van der Waals surface area contributed by atoms with Crippen molar-refractivity contribution in [2.24, 2.45) is 5.73 Å². The molecule has 2 rings (SSSR count). The van der Waals surface area contributed by atoms with Crippen molar-refractivity contribution >= 4 is 23.2 Å². The molecule has 2 aromatic rings. The maximum absolute atomic E-state index is 13.2. The van der Waals surface area contributed by atoms with E-state index in [9.17, 15) is 4.39 Å². The zero-order chi connectivity index (χ0) is 11.7. The first-order valence-electron chi connectivity index (χ1n) is 4.51. The van der Waals surface area contributed by atoms with Crippen molar-refractivity contribution in [3.05, 3.63) is 46.0 Å². The Morgan fingerprint density at radius 3 is 2.44 bits per heavy atom. The number of benzene rings is 1. The third-order valence-electron chi connectivity index (χ3n) is 2.09. The van der Waals surface area contributed by atoms with Gasteiger partial charge in [0.05, 0.1) is 21.4 Å². The molecule has 16 heavy (non-hydrogen) atoms. The highest BCUT2D eigenvalue weighted by molar-refractivity contribution is 6.35. The van der Waals surface area contributed by atoms with Crippen LogP contribution in [0.25, 0.3) is 5.69 Å². The zero-order valence-electron chi connectivity index (χ0n) is 8.12. The molecule has 6 heteroatoms. The van der Waals surface area contributed by atoms with E-state index in [0.717, 1.165) is 5.69 Å². The second kappa shape index (κ2) is 4.41. The van der Waals surface area contributed by atoms with Crippen molar-refractivity contribution in [1.82, 2.24) is 9.78 Å². The fourth-order valence-electron chi connectivity index (χ4n) is 1.29. The monoisotopic (exact) mass is 259 g/mol. The average molecular weight is 260 g/mol. The Morgan fingerprint density at radius 1 is 1.31 bits per heavy atom. The van der Waals surface area contributed by atoms with Crippen molar-refractivity contribution in [3.8, 4) is 5.69 Å². The number of aromatic nitrogens is 2. The molecule has 0 atom stereocenters. The largest absolute Gasteiger partial charge is 0.325 e. The quantitative estimate of drug-likeness (QED) is 0.844. The summed E-state index contributed by atoms with van der Waals surface area (Å²) in [5.74, 6) is -0.627. The molecule has 0 aliphatic carbocycles. The molecule has 0 fully saturated rings. The summed E-state index contributed by atoms with van der Waals surface area (Å²) in [4.78, 5) is 0. The number of hydrogen-bond acceptors (Lipinski definition) is 2. The van der Waals surface area contributed by atoms with Crippen LogP contribution in [-0.2, 0) is 6.54 Å². The molecule has 1 heterocycles. The van der Waals surface area contributed by atoms with E-state index < -0.39 is 5.82 Å². The summed E-state index contributed by atoms with van der Waals surface area (Å²) in [6.45, 7) is 0.343. The number of halogens is 3. The Balaban J connectivity index is 2.48. The first kappa shape index (κ1) is 11.4. The third kappa shape index (κ3) is 2.04. The molecule has 1 aromatic carbocycles. The zero-order valence-corrected chi connectivity index (χ0v) is 9.63. The number of hydrogen-bond donors (Lipinski definition) is 1. The van der Waals surface area contributed by atoms with E-state index in [4.69, 9.17) is 28.9 Å². The van der Waals surface area contributed by atoms with Gasteiger partial charge in [-0.1, -0.05) is 23.2 Å². The third-order valence-corrected chi connectivity index (χ3v) is 2.64. The Bertz CT molecular complexity index is 502. The molecule has 0 aliphatic heterocycles. The van der Waals surface area contributed by atoms with E-state index in [-0.39, 0.29) is 10.0 Å². The van der Waals surface area contributed by atoms with Gasteiger partial charge >= 0.3 is 0 Å². The van der Waals surface area contributed by atoms with Crippen molar-refractivity contribution in [1.29, 1.82) is 0 Å². The summed E-state index contributed by atoms with van der Waals surface area (Å²) in [5, 5.41) is 4.09. The van der Waals surface area contributed by atoms with Crippen LogP contribution in [0.15, 0.2) is 24.4 Å². The van der Waals surface area contributed by atoms with Gasteiger partial charge in [0.25, 0.3) is 0 Å². The molecule has 0 bridgehead atoms. The van der Waals surface area contributed by atoms with Gasteiger partial charge in [-0.15, -0.1) is 0 Å². The fraction of sp³-hybridized carbons (Fsp3) is 0.100. The van der Waals surface area contributed by atoms with Crippen LogP contribution in [0.3, 0.4) is 0 Å². The van der Waals surface area contributed by atoms with Gasteiger partial charge in [-0.05, 0) is 18.2 Å². The number of nitrogens with two attached hydrogens (primary N) is 1. The van der Waals surface area contributed by atoms with Gasteiger partial charge in [-0.25, -0.2) is 9.07 Å². The normalized spacial score (nSPS) is 10.8. The van der Waals surface area contributed by atoms with Gasteiger partial charge < -0.3 is 5.73 Å². The van der Waals surface area contributed by atoms with Crippen LogP contribution in [0.5, 0.6) is 0 Å². The van der Waals surface area contributed by atoms with Gasteiger partial charge in [-0.3, -0.25) is 0 Å². The lowest BCUT2D eigenvalue weighted by molar-refractivity contribution is 0.628. The molecule has 0 aliphatic rings. The van der Waals surface area contributed by atoms with E-state index in [1.54, 1.807) is 16.9 Å². The molecule has 1 aromatic heterocycles. The number of rotatable bonds is 2. The van der Waals surface area contributed by atoms with Gasteiger partial charge in [-0.2, -0.15) is 5.10 Å². The summed E-state index contributed by atoms with van der Waals surface area (Å²) < 4.78 is 14.7. The Morgan fingerprint density at radius 2 is 1.94 bits per heavy atom. The van der Waals surface area contributed by atoms with Crippen LogP contribution in [-0.4, -0.2) is 9.78 Å². The second-order valence-corrected chi connectivity index (χ2v) is 3.99. The van der Waals surface area contributed by atoms with E-state index >= 15 is 0 Å². The van der Waals surface area contributed by atoms with Crippen molar-refractivity contribution in [2.75, 3.05) is 0 Å². The van der Waals surface area contributed by atoms with Crippen LogP contribution < -0.4 is 5.73 Å². The molecule has 0 radical (unpaired) electrons. The van der Waals surface area contributed by atoms with Gasteiger partial charge in [0, 0.05) is 12.7 Å². The summed E-state index contributed by atoms with van der Waals surface area (Å²) in [7, 11) is 0. The van der Waals surface area contributed by atoms with Crippen molar-refractivity contribution in [2.45, 2.75) is 6.54 Å². The molecule has 0 saturated carbocycles. The lowest BCUT2D eigenvalue weighted by Gasteiger charge is -2.04. The highest BCUT2D eigenvalue weighted by Gasteiger charge is 2.09. The molecule has 2 N–H and O–H groups in total. The van der Waals surface area contributed by atoms with Crippen LogP contribution in [0.2, 0.25) is 10.0 Å².